The Labute approximate surface area is 146 Å². The third-order valence-electron chi connectivity index (χ3n) is 3.45. The molecule has 23 heavy (non-hydrogen) atoms. The van der Waals surface area contributed by atoms with E-state index in [1.54, 1.807) is 28.3 Å². The van der Waals surface area contributed by atoms with Gasteiger partial charge in [0.05, 0.1) is 29.5 Å². The molecular weight excluding hydrogens is 378 g/mol. The van der Waals surface area contributed by atoms with E-state index in [0.29, 0.717) is 24.1 Å². The van der Waals surface area contributed by atoms with Crippen LogP contribution in [0.2, 0.25) is 0 Å². The molecule has 0 spiro atoms. The largest absolute Gasteiger partial charge is 0.372 e. The first kappa shape index (κ1) is 16.3. The molecule has 1 atom stereocenters. The lowest BCUT2D eigenvalue weighted by Crippen LogP contribution is -2.21. The second kappa shape index (κ2) is 6.90. The summed E-state index contributed by atoms with van der Waals surface area (Å²) < 4.78 is 7.99. The minimum absolute atomic E-state index is 0.0267. The summed E-state index contributed by atoms with van der Waals surface area (Å²) in [5.74, 6) is 0. The molecule has 0 radical (unpaired) electrons. The van der Waals surface area contributed by atoms with E-state index in [4.69, 9.17) is 4.74 Å². The number of rotatable bonds is 5. The smallest absolute Gasteiger partial charge is 0.261 e. The first-order valence-electron chi connectivity index (χ1n) is 7.29. The Morgan fingerprint density at radius 1 is 1.43 bits per heavy atom. The molecule has 0 aliphatic rings. The summed E-state index contributed by atoms with van der Waals surface area (Å²) in [7, 11) is 0. The van der Waals surface area contributed by atoms with Gasteiger partial charge in [-0.05, 0) is 32.0 Å². The third-order valence-corrected chi connectivity index (χ3v) is 5.00. The van der Waals surface area contributed by atoms with Gasteiger partial charge >= 0.3 is 0 Å². The quantitative estimate of drug-likeness (QED) is 0.661. The monoisotopic (exact) mass is 393 g/mol. The number of aromatic nitrogens is 3. The van der Waals surface area contributed by atoms with Gasteiger partial charge in [0.1, 0.15) is 11.1 Å². The number of benzene rings is 1. The zero-order valence-electron chi connectivity index (χ0n) is 12.8. The molecule has 0 amide bonds. The van der Waals surface area contributed by atoms with Gasteiger partial charge in [0, 0.05) is 16.5 Å². The summed E-state index contributed by atoms with van der Waals surface area (Å²) in [6.07, 6.45) is 1.55. The van der Waals surface area contributed by atoms with Crippen LogP contribution in [0, 0.1) is 0 Å². The van der Waals surface area contributed by atoms with Gasteiger partial charge in [-0.3, -0.25) is 9.36 Å². The van der Waals surface area contributed by atoms with Gasteiger partial charge in [0.15, 0.2) is 0 Å². The fourth-order valence-corrected chi connectivity index (χ4v) is 3.50. The van der Waals surface area contributed by atoms with Crippen molar-refractivity contribution in [1.29, 1.82) is 0 Å². The van der Waals surface area contributed by atoms with Gasteiger partial charge in [-0.15, -0.1) is 11.3 Å². The van der Waals surface area contributed by atoms with Crippen LogP contribution in [-0.2, 0) is 11.3 Å². The highest BCUT2D eigenvalue weighted by molar-refractivity contribution is 9.10. The molecule has 0 saturated heterocycles. The van der Waals surface area contributed by atoms with Crippen LogP contribution in [0.4, 0.5) is 0 Å². The van der Waals surface area contributed by atoms with Gasteiger partial charge in [0.2, 0.25) is 0 Å². The Hall–Kier alpha value is -1.57. The van der Waals surface area contributed by atoms with E-state index in [2.05, 4.69) is 25.9 Å². The molecule has 3 rings (SSSR count). The van der Waals surface area contributed by atoms with Crippen molar-refractivity contribution >= 4 is 38.2 Å². The van der Waals surface area contributed by atoms with Crippen molar-refractivity contribution in [3.05, 3.63) is 55.4 Å². The third kappa shape index (κ3) is 3.52. The fourth-order valence-electron chi connectivity index (χ4n) is 2.32. The number of hydrogen-bond donors (Lipinski definition) is 0. The molecule has 1 unspecified atom stereocenters. The molecule has 0 aliphatic heterocycles. The maximum Gasteiger partial charge on any atom is 0.261 e. The number of thiazole rings is 1. The summed E-state index contributed by atoms with van der Waals surface area (Å²) in [4.78, 5) is 21.5. The van der Waals surface area contributed by atoms with Gasteiger partial charge < -0.3 is 4.74 Å². The summed E-state index contributed by atoms with van der Waals surface area (Å²) in [6, 6.07) is 5.50. The van der Waals surface area contributed by atoms with Crippen molar-refractivity contribution in [2.24, 2.45) is 0 Å². The summed E-state index contributed by atoms with van der Waals surface area (Å²) in [6.45, 7) is 5.00. The van der Waals surface area contributed by atoms with E-state index in [-0.39, 0.29) is 11.7 Å². The first-order chi connectivity index (χ1) is 11.1. The normalized spacial score (nSPS) is 12.7. The summed E-state index contributed by atoms with van der Waals surface area (Å²) in [5.41, 5.74) is 1.47. The molecule has 2 aromatic heterocycles. The predicted octanol–water partition coefficient (Wildman–Crippen LogP) is 3.76. The molecule has 7 heteroatoms. The molecule has 0 N–H and O–H groups in total. The average molecular weight is 394 g/mol. The van der Waals surface area contributed by atoms with Gasteiger partial charge in [0.25, 0.3) is 5.56 Å². The van der Waals surface area contributed by atoms with E-state index >= 15 is 0 Å². The van der Waals surface area contributed by atoms with Crippen molar-refractivity contribution in [1.82, 2.24) is 14.5 Å². The molecule has 0 aliphatic carbocycles. The minimum atomic E-state index is -0.0660. The highest BCUT2D eigenvalue weighted by Gasteiger charge is 2.12. The maximum atomic E-state index is 12.6. The molecule has 0 bridgehead atoms. The summed E-state index contributed by atoms with van der Waals surface area (Å²) in [5, 5.41) is 3.48. The van der Waals surface area contributed by atoms with Crippen LogP contribution in [0.15, 0.2) is 39.2 Å². The highest BCUT2D eigenvalue weighted by atomic mass is 79.9. The molecule has 0 fully saturated rings. The number of ether oxygens (including phenoxy) is 1. The molecule has 5 nitrogen and oxygen atoms in total. The average Bonchev–Trinajstić information content (AvgIpc) is 3.00. The van der Waals surface area contributed by atoms with Crippen LogP contribution in [-0.4, -0.2) is 21.1 Å². The van der Waals surface area contributed by atoms with Gasteiger partial charge in [-0.25, -0.2) is 9.97 Å². The lowest BCUT2D eigenvalue weighted by molar-refractivity contribution is 0.0761. The minimum Gasteiger partial charge on any atom is -0.372 e. The van der Waals surface area contributed by atoms with Crippen molar-refractivity contribution in [2.75, 3.05) is 6.61 Å². The van der Waals surface area contributed by atoms with E-state index < -0.39 is 0 Å². The Kier molecular flexibility index (Phi) is 4.89. The van der Waals surface area contributed by atoms with Crippen molar-refractivity contribution in [2.45, 2.75) is 26.5 Å². The lowest BCUT2D eigenvalue weighted by Gasteiger charge is -2.07. The lowest BCUT2D eigenvalue weighted by atomic mass is 10.2. The zero-order valence-corrected chi connectivity index (χ0v) is 15.2. The Morgan fingerprint density at radius 2 is 2.26 bits per heavy atom. The Morgan fingerprint density at radius 3 is 3.04 bits per heavy atom. The topological polar surface area (TPSA) is 57.0 Å². The number of hydrogen-bond acceptors (Lipinski definition) is 5. The van der Waals surface area contributed by atoms with Crippen molar-refractivity contribution < 1.29 is 4.74 Å². The van der Waals surface area contributed by atoms with Crippen LogP contribution in [0.25, 0.3) is 10.9 Å². The first-order valence-corrected chi connectivity index (χ1v) is 8.96. The zero-order chi connectivity index (χ0) is 16.4. The van der Waals surface area contributed by atoms with Crippen LogP contribution >= 0.6 is 27.3 Å². The highest BCUT2D eigenvalue weighted by Crippen LogP contribution is 2.21. The number of fused-ring (bicyclic) bond motifs is 1. The van der Waals surface area contributed by atoms with E-state index in [1.807, 2.05) is 31.4 Å². The standard InChI is InChI=1S/C16H16BrN3O2S/c1-3-22-10(2)15-19-12(8-23-15)7-20-9-18-14-5-4-11(17)6-13(14)16(20)21/h4-6,8-10H,3,7H2,1-2H3. The van der Waals surface area contributed by atoms with E-state index in [1.165, 1.54) is 0 Å². The second-order valence-corrected chi connectivity index (χ2v) is 6.92. The maximum absolute atomic E-state index is 12.6. The summed E-state index contributed by atoms with van der Waals surface area (Å²) >= 11 is 4.94. The predicted molar refractivity (Wildman–Crippen MR) is 95.0 cm³/mol. The number of halogens is 1. The molecule has 0 saturated carbocycles. The van der Waals surface area contributed by atoms with Crippen molar-refractivity contribution in [3.8, 4) is 0 Å². The van der Waals surface area contributed by atoms with Crippen LogP contribution < -0.4 is 5.56 Å². The molecule has 120 valence electrons. The Bertz CT molecular complexity index is 890. The molecule has 3 aromatic rings. The fraction of sp³-hybridized carbons (Fsp3) is 0.312. The second-order valence-electron chi connectivity index (χ2n) is 5.11. The molecule has 2 heterocycles. The van der Waals surface area contributed by atoms with Gasteiger partial charge in [-0.2, -0.15) is 0 Å². The number of nitrogens with zero attached hydrogens (tertiary/aromatic N) is 3. The van der Waals surface area contributed by atoms with Gasteiger partial charge in [-0.1, -0.05) is 15.9 Å². The SMILES string of the molecule is CCOC(C)c1nc(Cn2cnc3ccc(Br)cc3c2=O)cs1. The van der Waals surface area contributed by atoms with Crippen molar-refractivity contribution in [3.63, 3.8) is 0 Å². The van der Waals surface area contributed by atoms with Crippen LogP contribution in [0.5, 0.6) is 0 Å². The molecule has 1 aromatic carbocycles. The van der Waals surface area contributed by atoms with Crippen LogP contribution in [0.1, 0.15) is 30.7 Å². The Balaban J connectivity index is 1.90. The van der Waals surface area contributed by atoms with Crippen LogP contribution in [0.3, 0.4) is 0 Å². The molecular formula is C16H16BrN3O2S. The van der Waals surface area contributed by atoms with E-state index in [9.17, 15) is 4.79 Å². The van der Waals surface area contributed by atoms with E-state index in [0.717, 1.165) is 15.2 Å².